The fourth-order valence-corrected chi connectivity index (χ4v) is 4.90. The highest BCUT2D eigenvalue weighted by Crippen LogP contribution is 2.46. The van der Waals surface area contributed by atoms with Gasteiger partial charge >= 0.3 is 5.97 Å². The summed E-state index contributed by atoms with van der Waals surface area (Å²) in [7, 11) is 0. The van der Waals surface area contributed by atoms with E-state index in [2.05, 4.69) is 4.98 Å². The lowest BCUT2D eigenvalue weighted by molar-refractivity contribution is -0.154. The number of carbonyl (C=O) groups excluding carboxylic acids is 3. The van der Waals surface area contributed by atoms with Crippen LogP contribution >= 0.6 is 11.6 Å². The molecule has 11 heteroatoms. The van der Waals surface area contributed by atoms with Gasteiger partial charge in [0.15, 0.2) is 18.2 Å². The molecule has 3 heterocycles. The van der Waals surface area contributed by atoms with Gasteiger partial charge in [-0.1, -0.05) is 11.6 Å². The van der Waals surface area contributed by atoms with E-state index in [4.69, 9.17) is 27.2 Å². The van der Waals surface area contributed by atoms with Gasteiger partial charge in [-0.2, -0.15) is 0 Å². The van der Waals surface area contributed by atoms with Crippen LogP contribution in [-0.4, -0.2) is 50.8 Å². The summed E-state index contributed by atoms with van der Waals surface area (Å²) < 4.78 is 34.1. The number of anilines is 1. The van der Waals surface area contributed by atoms with Crippen LogP contribution in [0.4, 0.5) is 14.5 Å². The number of aliphatic hydroxyl groups excluding tert-OH is 1. The molecule has 1 amide bonds. The van der Waals surface area contributed by atoms with Gasteiger partial charge in [0.25, 0.3) is 0 Å². The van der Waals surface area contributed by atoms with Crippen LogP contribution in [0.2, 0.25) is 5.02 Å². The lowest BCUT2D eigenvalue weighted by atomic mass is 9.83. The molecule has 0 spiro atoms. The maximum Gasteiger partial charge on any atom is 0.329 e. The summed E-state index contributed by atoms with van der Waals surface area (Å²) in [6.07, 6.45) is 3.31. The Morgan fingerprint density at radius 3 is 2.77 bits per heavy atom. The van der Waals surface area contributed by atoms with E-state index in [-0.39, 0.29) is 40.4 Å². The monoisotopic (exact) mass is 505 g/mol. The predicted octanol–water partition coefficient (Wildman–Crippen LogP) is 3.05. The average molecular weight is 506 g/mol. The molecular formula is C24H22ClF2N3O5. The van der Waals surface area contributed by atoms with Crippen LogP contribution in [0.15, 0.2) is 30.5 Å². The van der Waals surface area contributed by atoms with E-state index in [0.717, 1.165) is 12.3 Å². The van der Waals surface area contributed by atoms with Crippen molar-refractivity contribution in [3.05, 3.63) is 63.9 Å². The van der Waals surface area contributed by atoms with Crippen LogP contribution in [-0.2, 0) is 20.9 Å². The minimum absolute atomic E-state index is 0.0602. The van der Waals surface area contributed by atoms with E-state index in [1.165, 1.54) is 23.1 Å². The molecule has 1 fully saturated rings. The van der Waals surface area contributed by atoms with Gasteiger partial charge in [0.1, 0.15) is 11.7 Å². The summed E-state index contributed by atoms with van der Waals surface area (Å²) in [5.74, 6) is -3.85. The van der Waals surface area contributed by atoms with Gasteiger partial charge < -0.3 is 20.5 Å². The molecular weight excluding hydrogens is 484 g/mol. The Balaban J connectivity index is 1.51. The molecule has 8 nitrogen and oxygen atoms in total. The second kappa shape index (κ2) is 9.35. The number of rotatable bonds is 6. The van der Waals surface area contributed by atoms with Gasteiger partial charge in [-0.25, -0.2) is 13.6 Å². The molecule has 184 valence electrons. The molecule has 0 radical (unpaired) electrons. The van der Waals surface area contributed by atoms with E-state index in [1.807, 2.05) is 0 Å². The summed E-state index contributed by atoms with van der Waals surface area (Å²) >= 11 is 5.90. The van der Waals surface area contributed by atoms with Gasteiger partial charge in [0, 0.05) is 29.1 Å². The van der Waals surface area contributed by atoms with Crippen LogP contribution in [0.1, 0.15) is 47.8 Å². The Hall–Kier alpha value is -3.37. The van der Waals surface area contributed by atoms with Crippen LogP contribution in [0.5, 0.6) is 0 Å². The van der Waals surface area contributed by atoms with Crippen LogP contribution < -0.4 is 5.73 Å². The first-order chi connectivity index (χ1) is 16.6. The van der Waals surface area contributed by atoms with Gasteiger partial charge in [0.2, 0.25) is 11.7 Å². The number of hydrogen-bond donors (Lipinski definition) is 2. The number of amides is 1. The zero-order valence-electron chi connectivity index (χ0n) is 18.7. The molecule has 1 aromatic heterocycles. The van der Waals surface area contributed by atoms with Gasteiger partial charge in [-0.05, 0) is 50.0 Å². The standard InChI is InChI=1S/C24H22ClF2N3O5/c1-24-6-4-17(23(34)35-11-18(32)13-5-7-29-16(10-31)21(13)26)30(24)19(33)8-12(9-24)20-15(28)3-2-14(25)22(20)27/h2-3,5,7-8,17,31H,4,6,9-11,28H2,1H3/t17-,24?/m0/s1. The van der Waals surface area contributed by atoms with Crippen LogP contribution in [0.25, 0.3) is 5.57 Å². The molecule has 2 aliphatic heterocycles. The topological polar surface area (TPSA) is 123 Å². The summed E-state index contributed by atoms with van der Waals surface area (Å²) in [6.45, 7) is 0.341. The first-order valence-corrected chi connectivity index (χ1v) is 11.2. The third-order valence-electron chi connectivity index (χ3n) is 6.43. The predicted molar refractivity (Wildman–Crippen MR) is 122 cm³/mol. The van der Waals surface area contributed by atoms with E-state index in [9.17, 15) is 23.2 Å². The first kappa shape index (κ1) is 24.7. The number of benzene rings is 1. The van der Waals surface area contributed by atoms with Crippen molar-refractivity contribution in [3.63, 3.8) is 0 Å². The maximum absolute atomic E-state index is 14.7. The van der Waals surface area contributed by atoms with Crippen molar-refractivity contribution in [1.29, 1.82) is 0 Å². The highest BCUT2D eigenvalue weighted by Gasteiger charge is 2.51. The molecule has 4 rings (SSSR count). The fraction of sp³-hybridized carbons (Fsp3) is 0.333. The van der Waals surface area contributed by atoms with E-state index < -0.39 is 54.1 Å². The highest BCUT2D eigenvalue weighted by atomic mass is 35.5. The summed E-state index contributed by atoms with van der Waals surface area (Å²) in [5, 5.41) is 8.98. The van der Waals surface area contributed by atoms with Gasteiger partial charge in [-0.3, -0.25) is 14.6 Å². The number of halogens is 3. The Morgan fingerprint density at radius 2 is 2.06 bits per heavy atom. The molecule has 2 atom stereocenters. The van der Waals surface area contributed by atoms with E-state index in [0.29, 0.717) is 12.0 Å². The number of aromatic nitrogens is 1. The number of ketones is 1. The molecule has 1 unspecified atom stereocenters. The number of aliphatic hydroxyl groups is 1. The molecule has 3 N–H and O–H groups in total. The number of pyridine rings is 1. The van der Waals surface area contributed by atoms with Crippen LogP contribution in [0, 0.1) is 11.6 Å². The molecule has 0 saturated carbocycles. The number of esters is 1. The Kier molecular flexibility index (Phi) is 6.61. The van der Waals surface area contributed by atoms with Crippen molar-refractivity contribution in [2.24, 2.45) is 0 Å². The summed E-state index contributed by atoms with van der Waals surface area (Å²) in [6, 6.07) is 2.95. The molecule has 1 aromatic carbocycles. The summed E-state index contributed by atoms with van der Waals surface area (Å²) in [5.41, 5.74) is 5.05. The normalized spacial score (nSPS) is 21.5. The molecule has 0 aliphatic carbocycles. The van der Waals surface area contributed by atoms with E-state index >= 15 is 0 Å². The fourth-order valence-electron chi connectivity index (χ4n) is 4.75. The Labute approximate surface area is 204 Å². The number of hydrogen-bond acceptors (Lipinski definition) is 7. The van der Waals surface area contributed by atoms with Gasteiger partial charge in [-0.15, -0.1) is 0 Å². The molecule has 35 heavy (non-hydrogen) atoms. The summed E-state index contributed by atoms with van der Waals surface area (Å²) in [4.78, 5) is 43.2. The smallest absolute Gasteiger partial charge is 0.329 e. The minimum Gasteiger partial charge on any atom is -0.456 e. The molecule has 0 bridgehead atoms. The van der Waals surface area contributed by atoms with E-state index in [1.54, 1.807) is 6.92 Å². The maximum atomic E-state index is 14.7. The van der Waals surface area contributed by atoms with Crippen molar-refractivity contribution in [2.75, 3.05) is 12.3 Å². The lowest BCUT2D eigenvalue weighted by Crippen LogP contribution is -2.53. The average Bonchev–Trinajstić information content (AvgIpc) is 3.18. The van der Waals surface area contributed by atoms with Crippen molar-refractivity contribution in [3.8, 4) is 0 Å². The number of nitrogens with zero attached hydrogens (tertiary/aromatic N) is 2. The number of fused-ring (bicyclic) bond motifs is 1. The number of nitrogens with two attached hydrogens (primary N) is 1. The molecule has 1 saturated heterocycles. The second-order valence-electron chi connectivity index (χ2n) is 8.74. The Morgan fingerprint density at radius 1 is 1.31 bits per heavy atom. The number of ether oxygens (including phenoxy) is 1. The SMILES string of the molecule is CC12CC[C@@H](C(=O)OCC(=O)c3ccnc(CO)c3F)N1C(=O)C=C(c1c(N)ccc(Cl)c1F)C2. The van der Waals surface area contributed by atoms with Crippen molar-refractivity contribution in [2.45, 2.75) is 44.4 Å². The second-order valence-corrected chi connectivity index (χ2v) is 9.15. The zero-order chi connectivity index (χ0) is 25.5. The highest BCUT2D eigenvalue weighted by molar-refractivity contribution is 6.31. The number of nitrogen functional groups attached to an aromatic ring is 1. The number of carbonyl (C=O) groups is 3. The third kappa shape index (κ3) is 4.39. The van der Waals surface area contributed by atoms with Crippen molar-refractivity contribution in [1.82, 2.24) is 9.88 Å². The minimum atomic E-state index is -0.985. The third-order valence-corrected chi connectivity index (χ3v) is 6.73. The molecule has 2 aromatic rings. The number of Topliss-reactive ketones (excluding diaryl/α,β-unsaturated/α-hetero) is 1. The molecule has 2 aliphatic rings. The Bertz CT molecular complexity index is 1270. The zero-order valence-corrected chi connectivity index (χ0v) is 19.4. The van der Waals surface area contributed by atoms with Crippen LogP contribution in [0.3, 0.4) is 0 Å². The first-order valence-electron chi connectivity index (χ1n) is 10.8. The van der Waals surface area contributed by atoms with Crippen molar-refractivity contribution < 1.29 is 33.0 Å². The van der Waals surface area contributed by atoms with Gasteiger partial charge in [0.05, 0.1) is 17.2 Å². The van der Waals surface area contributed by atoms with Crippen molar-refractivity contribution >= 4 is 40.5 Å². The quantitative estimate of drug-likeness (QED) is 0.351. The largest absolute Gasteiger partial charge is 0.456 e. The lowest BCUT2D eigenvalue weighted by Gasteiger charge is -2.41.